The van der Waals surface area contributed by atoms with Crippen LogP contribution in [0.2, 0.25) is 0 Å². The van der Waals surface area contributed by atoms with E-state index in [1.807, 2.05) is 0 Å². The molecule has 0 spiro atoms. The third-order valence-electron chi connectivity index (χ3n) is 6.06. The van der Waals surface area contributed by atoms with Gasteiger partial charge in [-0.15, -0.1) is 0 Å². The first kappa shape index (κ1) is 14.4. The summed E-state index contributed by atoms with van der Waals surface area (Å²) >= 11 is 0. The Kier molecular flexibility index (Phi) is 4.07. The lowest BCUT2D eigenvalue weighted by Crippen LogP contribution is -2.48. The molecule has 1 atom stereocenters. The molecule has 0 aromatic rings. The van der Waals surface area contributed by atoms with Gasteiger partial charge in [-0.1, -0.05) is 6.92 Å². The topological polar surface area (TPSA) is 55.1 Å². The highest BCUT2D eigenvalue weighted by atomic mass is 16.1. The highest BCUT2D eigenvalue weighted by Gasteiger charge is 2.51. The van der Waals surface area contributed by atoms with Gasteiger partial charge < -0.3 is 11.1 Å². The van der Waals surface area contributed by atoms with Crippen molar-refractivity contribution in [2.24, 2.45) is 28.9 Å². The van der Waals surface area contributed by atoms with Gasteiger partial charge in [-0.25, -0.2) is 0 Å². The molecule has 1 unspecified atom stereocenters. The van der Waals surface area contributed by atoms with Crippen LogP contribution in [0.3, 0.4) is 0 Å². The highest BCUT2D eigenvalue weighted by molar-refractivity contribution is 5.76. The largest absolute Gasteiger partial charge is 0.356 e. The van der Waals surface area contributed by atoms with E-state index >= 15 is 0 Å². The standard InChI is InChI=1S/C17H30N2O/c1-2-15(18)3-4-19-16(20)11-17-8-12-5-13(9-17)7-14(6-12)10-17/h12-15H,2-11,18H2,1H3,(H,19,20). The first-order valence-corrected chi connectivity index (χ1v) is 8.61. The fourth-order valence-electron chi connectivity index (χ4n) is 5.51. The quantitative estimate of drug-likeness (QED) is 0.785. The maximum Gasteiger partial charge on any atom is 0.220 e. The second-order valence-electron chi connectivity index (χ2n) is 7.90. The van der Waals surface area contributed by atoms with Crippen LogP contribution in [-0.4, -0.2) is 18.5 Å². The van der Waals surface area contributed by atoms with Crippen molar-refractivity contribution in [1.29, 1.82) is 0 Å². The van der Waals surface area contributed by atoms with Crippen LogP contribution in [0, 0.1) is 23.2 Å². The van der Waals surface area contributed by atoms with Crippen molar-refractivity contribution >= 4 is 5.91 Å². The highest BCUT2D eigenvalue weighted by Crippen LogP contribution is 2.61. The van der Waals surface area contributed by atoms with Crippen molar-refractivity contribution in [2.75, 3.05) is 6.54 Å². The van der Waals surface area contributed by atoms with Crippen LogP contribution in [0.4, 0.5) is 0 Å². The molecule has 0 aliphatic heterocycles. The summed E-state index contributed by atoms with van der Waals surface area (Å²) in [4.78, 5) is 12.2. The second-order valence-corrected chi connectivity index (χ2v) is 7.90. The predicted molar refractivity (Wildman–Crippen MR) is 81.1 cm³/mol. The molecule has 3 N–H and O–H groups in total. The Morgan fingerprint density at radius 2 is 1.75 bits per heavy atom. The molecule has 20 heavy (non-hydrogen) atoms. The van der Waals surface area contributed by atoms with Crippen LogP contribution in [0.5, 0.6) is 0 Å². The van der Waals surface area contributed by atoms with Gasteiger partial charge in [-0.2, -0.15) is 0 Å². The van der Waals surface area contributed by atoms with Gasteiger partial charge >= 0.3 is 0 Å². The number of nitrogens with one attached hydrogen (secondary N) is 1. The number of hydrogen-bond acceptors (Lipinski definition) is 2. The zero-order chi connectivity index (χ0) is 14.2. The van der Waals surface area contributed by atoms with Crippen molar-refractivity contribution in [3.8, 4) is 0 Å². The average Bonchev–Trinajstić information content (AvgIpc) is 2.36. The zero-order valence-electron chi connectivity index (χ0n) is 12.9. The molecule has 4 rings (SSSR count). The molecule has 1 amide bonds. The summed E-state index contributed by atoms with van der Waals surface area (Å²) in [5, 5.41) is 3.10. The van der Waals surface area contributed by atoms with Gasteiger partial charge in [0.05, 0.1) is 0 Å². The number of carbonyl (C=O) groups excluding carboxylic acids is 1. The summed E-state index contributed by atoms with van der Waals surface area (Å²) in [5.74, 6) is 3.07. The molecule has 3 nitrogen and oxygen atoms in total. The van der Waals surface area contributed by atoms with E-state index in [-0.39, 0.29) is 11.9 Å². The Balaban J connectivity index is 1.49. The lowest BCUT2D eigenvalue weighted by molar-refractivity contribution is -0.129. The van der Waals surface area contributed by atoms with Gasteiger partial charge in [0.2, 0.25) is 5.91 Å². The van der Waals surface area contributed by atoms with E-state index in [2.05, 4.69) is 12.2 Å². The van der Waals surface area contributed by atoms with Crippen LogP contribution in [0.1, 0.15) is 64.7 Å². The maximum atomic E-state index is 12.2. The minimum absolute atomic E-state index is 0.231. The number of rotatable bonds is 6. The number of carbonyl (C=O) groups is 1. The molecule has 0 saturated heterocycles. The molecule has 4 aliphatic rings. The molecule has 0 radical (unpaired) electrons. The molecule has 4 fully saturated rings. The summed E-state index contributed by atoms with van der Waals surface area (Å²) in [6.07, 6.45) is 11.0. The normalized spacial score (nSPS) is 39.8. The molecule has 0 heterocycles. The summed E-state index contributed by atoms with van der Waals surface area (Å²) in [7, 11) is 0. The van der Waals surface area contributed by atoms with Crippen LogP contribution < -0.4 is 11.1 Å². The van der Waals surface area contributed by atoms with E-state index in [0.29, 0.717) is 5.41 Å². The van der Waals surface area contributed by atoms with Crippen molar-refractivity contribution in [3.63, 3.8) is 0 Å². The van der Waals surface area contributed by atoms with E-state index in [1.54, 1.807) is 0 Å². The zero-order valence-corrected chi connectivity index (χ0v) is 12.9. The second kappa shape index (κ2) is 5.67. The molecular weight excluding hydrogens is 248 g/mol. The maximum absolute atomic E-state index is 12.2. The minimum atomic E-state index is 0.231. The molecule has 4 saturated carbocycles. The summed E-state index contributed by atoms with van der Waals surface area (Å²) in [6, 6.07) is 0.231. The van der Waals surface area contributed by atoms with E-state index in [4.69, 9.17) is 5.73 Å². The van der Waals surface area contributed by atoms with Crippen molar-refractivity contribution < 1.29 is 4.79 Å². The van der Waals surface area contributed by atoms with Gasteiger partial charge in [0.15, 0.2) is 0 Å². The fraction of sp³-hybridized carbons (Fsp3) is 0.941. The third kappa shape index (κ3) is 3.03. The van der Waals surface area contributed by atoms with Crippen molar-refractivity contribution in [2.45, 2.75) is 70.8 Å². The molecular formula is C17H30N2O. The molecule has 4 aliphatic carbocycles. The summed E-state index contributed by atoms with van der Waals surface area (Å²) in [5.41, 5.74) is 6.26. The van der Waals surface area contributed by atoms with Crippen molar-refractivity contribution in [1.82, 2.24) is 5.32 Å². The molecule has 4 bridgehead atoms. The number of amides is 1. The lowest BCUT2D eigenvalue weighted by Gasteiger charge is -2.56. The third-order valence-corrected chi connectivity index (χ3v) is 6.06. The molecule has 0 aromatic heterocycles. The Morgan fingerprint density at radius 3 is 2.25 bits per heavy atom. The van der Waals surface area contributed by atoms with Gasteiger partial charge in [0.25, 0.3) is 0 Å². The Morgan fingerprint density at radius 1 is 1.20 bits per heavy atom. The van der Waals surface area contributed by atoms with Gasteiger partial charge in [0, 0.05) is 19.0 Å². The van der Waals surface area contributed by atoms with Gasteiger partial charge in [-0.05, 0) is 74.5 Å². The van der Waals surface area contributed by atoms with Crippen LogP contribution in [-0.2, 0) is 4.79 Å². The van der Waals surface area contributed by atoms with Crippen molar-refractivity contribution in [3.05, 3.63) is 0 Å². The van der Waals surface area contributed by atoms with E-state index in [1.165, 1.54) is 38.5 Å². The lowest BCUT2D eigenvalue weighted by atomic mass is 9.49. The molecule has 0 aromatic carbocycles. The SMILES string of the molecule is CCC(N)CCNC(=O)CC12CC3CC(CC(C3)C1)C2. The monoisotopic (exact) mass is 278 g/mol. The molecule has 3 heteroatoms. The predicted octanol–water partition coefficient (Wildman–Crippen LogP) is 2.84. The van der Waals surface area contributed by atoms with Gasteiger partial charge in [0.1, 0.15) is 0 Å². The number of hydrogen-bond donors (Lipinski definition) is 2. The Hall–Kier alpha value is -0.570. The van der Waals surface area contributed by atoms with Gasteiger partial charge in [-0.3, -0.25) is 4.79 Å². The minimum Gasteiger partial charge on any atom is -0.356 e. The first-order chi connectivity index (χ1) is 9.58. The smallest absolute Gasteiger partial charge is 0.220 e. The fourth-order valence-corrected chi connectivity index (χ4v) is 5.51. The van der Waals surface area contributed by atoms with Crippen LogP contribution in [0.25, 0.3) is 0 Å². The molecule has 114 valence electrons. The number of nitrogens with two attached hydrogens (primary N) is 1. The van der Waals surface area contributed by atoms with E-state index in [0.717, 1.165) is 43.6 Å². The van der Waals surface area contributed by atoms with E-state index < -0.39 is 0 Å². The average molecular weight is 278 g/mol. The van der Waals surface area contributed by atoms with Crippen LogP contribution in [0.15, 0.2) is 0 Å². The Labute approximate surface area is 123 Å². The Bertz CT molecular complexity index is 331. The summed E-state index contributed by atoms with van der Waals surface area (Å²) in [6.45, 7) is 2.85. The van der Waals surface area contributed by atoms with Crippen LogP contribution >= 0.6 is 0 Å². The first-order valence-electron chi connectivity index (χ1n) is 8.61. The van der Waals surface area contributed by atoms with E-state index in [9.17, 15) is 4.79 Å². The summed E-state index contributed by atoms with van der Waals surface area (Å²) < 4.78 is 0.